The van der Waals surface area contributed by atoms with Crippen LogP contribution in [-0.4, -0.2) is 28.7 Å². The summed E-state index contributed by atoms with van der Waals surface area (Å²) in [6.45, 7) is 0. The maximum Gasteiger partial charge on any atom is 0.251 e. The second-order valence-electron chi connectivity index (χ2n) is 6.81. The summed E-state index contributed by atoms with van der Waals surface area (Å²) in [6.07, 6.45) is 11.1. The molecule has 2 aliphatic carbocycles. The number of pyridine rings is 1. The van der Waals surface area contributed by atoms with Gasteiger partial charge >= 0.3 is 0 Å². The number of rotatable bonds is 4. The molecule has 2 saturated carbocycles. The van der Waals surface area contributed by atoms with E-state index in [9.17, 15) is 9.59 Å². The lowest BCUT2D eigenvalue weighted by molar-refractivity contribution is -0.0419. The highest BCUT2D eigenvalue weighted by atomic mass is 16.5. The van der Waals surface area contributed by atoms with Gasteiger partial charge in [0, 0.05) is 24.9 Å². The third-order valence-electron chi connectivity index (χ3n) is 5.05. The molecule has 1 N–H and O–H groups in total. The Kier molecular flexibility index (Phi) is 5.16. The van der Waals surface area contributed by atoms with Gasteiger partial charge in [-0.25, -0.2) is 0 Å². The van der Waals surface area contributed by atoms with Crippen LogP contribution in [0, 0.1) is 0 Å². The summed E-state index contributed by atoms with van der Waals surface area (Å²) < 4.78 is 7.73. The Morgan fingerprint density at radius 2 is 1.87 bits per heavy atom. The van der Waals surface area contributed by atoms with Crippen LogP contribution < -0.4 is 10.9 Å². The Bertz CT molecular complexity index is 605. The van der Waals surface area contributed by atoms with Crippen LogP contribution in [0.15, 0.2) is 23.1 Å². The molecule has 3 rings (SSSR count). The molecule has 5 nitrogen and oxygen atoms in total. The molecule has 23 heavy (non-hydrogen) atoms. The van der Waals surface area contributed by atoms with E-state index in [0.717, 1.165) is 38.5 Å². The Hall–Kier alpha value is -1.62. The van der Waals surface area contributed by atoms with Crippen molar-refractivity contribution in [2.45, 2.75) is 69.6 Å². The van der Waals surface area contributed by atoms with Crippen LogP contribution in [-0.2, 0) is 11.8 Å². The molecule has 0 unspecified atom stereocenters. The van der Waals surface area contributed by atoms with Gasteiger partial charge < -0.3 is 14.6 Å². The Morgan fingerprint density at radius 3 is 2.61 bits per heavy atom. The fourth-order valence-electron chi connectivity index (χ4n) is 3.64. The topological polar surface area (TPSA) is 60.3 Å². The van der Waals surface area contributed by atoms with Gasteiger partial charge in [0.05, 0.1) is 18.2 Å². The van der Waals surface area contributed by atoms with Crippen molar-refractivity contribution < 1.29 is 9.53 Å². The van der Waals surface area contributed by atoms with Gasteiger partial charge in [0.15, 0.2) is 0 Å². The van der Waals surface area contributed by atoms with Crippen LogP contribution in [0.2, 0.25) is 0 Å². The zero-order chi connectivity index (χ0) is 16.2. The molecule has 0 radical (unpaired) electrons. The molecule has 0 bridgehead atoms. The van der Waals surface area contributed by atoms with Crippen LogP contribution in [0.1, 0.15) is 61.7 Å². The Balaban J connectivity index is 1.64. The minimum atomic E-state index is -0.172. The average molecular weight is 318 g/mol. The van der Waals surface area contributed by atoms with Crippen molar-refractivity contribution in [2.24, 2.45) is 7.05 Å². The first-order valence-corrected chi connectivity index (χ1v) is 8.76. The van der Waals surface area contributed by atoms with Crippen LogP contribution in [0.25, 0.3) is 0 Å². The summed E-state index contributed by atoms with van der Waals surface area (Å²) in [5, 5.41) is 3.09. The molecule has 126 valence electrons. The lowest BCUT2D eigenvalue weighted by atomic mass is 9.92. The molecule has 0 spiro atoms. The van der Waals surface area contributed by atoms with Crippen molar-refractivity contribution in [3.8, 4) is 0 Å². The zero-order valence-electron chi connectivity index (χ0n) is 13.8. The fraction of sp³-hybridized carbons (Fsp3) is 0.667. The Labute approximate surface area is 137 Å². The molecule has 1 heterocycles. The van der Waals surface area contributed by atoms with Gasteiger partial charge in [-0.2, -0.15) is 0 Å². The van der Waals surface area contributed by atoms with E-state index in [2.05, 4.69) is 5.32 Å². The first-order valence-electron chi connectivity index (χ1n) is 8.76. The quantitative estimate of drug-likeness (QED) is 0.927. The summed E-state index contributed by atoms with van der Waals surface area (Å²) in [7, 11) is 1.68. The van der Waals surface area contributed by atoms with E-state index in [-0.39, 0.29) is 23.6 Å². The molecule has 1 amide bonds. The number of ether oxygens (including phenoxy) is 1. The summed E-state index contributed by atoms with van der Waals surface area (Å²) in [5.41, 5.74) is 0.262. The van der Waals surface area contributed by atoms with Gasteiger partial charge in [-0.05, 0) is 31.7 Å². The van der Waals surface area contributed by atoms with E-state index in [1.165, 1.54) is 23.5 Å². The number of aryl methyl sites for hydroxylation is 1. The first kappa shape index (κ1) is 16.2. The molecule has 1 aromatic heterocycles. The second kappa shape index (κ2) is 7.30. The van der Waals surface area contributed by atoms with E-state index in [0.29, 0.717) is 11.7 Å². The van der Waals surface area contributed by atoms with Crippen molar-refractivity contribution in [3.63, 3.8) is 0 Å². The van der Waals surface area contributed by atoms with Gasteiger partial charge in [0.25, 0.3) is 11.5 Å². The number of nitrogens with zero attached hydrogens (tertiary/aromatic N) is 1. The maximum absolute atomic E-state index is 12.4. The largest absolute Gasteiger partial charge is 0.373 e. The summed E-state index contributed by atoms with van der Waals surface area (Å²) in [5.74, 6) is -0.172. The predicted octanol–water partition coefficient (Wildman–Crippen LogP) is 2.39. The number of nitrogens with one attached hydrogen (secondary N) is 1. The molecular formula is C18H26N2O3. The highest BCUT2D eigenvalue weighted by molar-refractivity contribution is 5.94. The van der Waals surface area contributed by atoms with Crippen molar-refractivity contribution in [1.29, 1.82) is 0 Å². The monoisotopic (exact) mass is 318 g/mol. The average Bonchev–Trinajstić information content (AvgIpc) is 3.05. The number of amides is 1. The van der Waals surface area contributed by atoms with E-state index in [4.69, 9.17) is 4.74 Å². The van der Waals surface area contributed by atoms with E-state index in [1.54, 1.807) is 19.3 Å². The van der Waals surface area contributed by atoms with Gasteiger partial charge in [-0.3, -0.25) is 9.59 Å². The number of carbonyl (C=O) groups is 1. The molecule has 0 aromatic carbocycles. The smallest absolute Gasteiger partial charge is 0.251 e. The normalized spacial score (nSPS) is 25.4. The van der Waals surface area contributed by atoms with Gasteiger partial charge in [0.1, 0.15) is 0 Å². The predicted molar refractivity (Wildman–Crippen MR) is 88.5 cm³/mol. The van der Waals surface area contributed by atoms with Crippen molar-refractivity contribution >= 4 is 5.91 Å². The highest BCUT2D eigenvalue weighted by Gasteiger charge is 2.30. The number of aromatic nitrogens is 1. The molecule has 2 aliphatic rings. The molecule has 1 aromatic rings. The van der Waals surface area contributed by atoms with Crippen LogP contribution in [0.3, 0.4) is 0 Å². The van der Waals surface area contributed by atoms with E-state index >= 15 is 0 Å². The van der Waals surface area contributed by atoms with Crippen LogP contribution in [0.4, 0.5) is 0 Å². The van der Waals surface area contributed by atoms with Crippen molar-refractivity contribution in [3.05, 3.63) is 34.2 Å². The molecule has 0 aliphatic heterocycles. The van der Waals surface area contributed by atoms with Gasteiger partial charge in [-0.15, -0.1) is 0 Å². The standard InChI is InChI=1S/C18H26N2O3/c1-20-11-10-13(12-17(20)21)18(22)19-15-8-4-5-9-16(15)23-14-6-2-3-7-14/h10-12,14-16H,2-9H2,1H3,(H,19,22)/t15-,16-/m0/s1. The lowest BCUT2D eigenvalue weighted by Gasteiger charge is -2.34. The lowest BCUT2D eigenvalue weighted by Crippen LogP contribution is -2.47. The Morgan fingerprint density at radius 1 is 1.17 bits per heavy atom. The van der Waals surface area contributed by atoms with Crippen molar-refractivity contribution in [1.82, 2.24) is 9.88 Å². The first-order chi connectivity index (χ1) is 11.1. The number of carbonyl (C=O) groups excluding carboxylic acids is 1. The number of hydrogen-bond donors (Lipinski definition) is 1. The third-order valence-corrected chi connectivity index (χ3v) is 5.05. The van der Waals surface area contributed by atoms with E-state index in [1.807, 2.05) is 0 Å². The van der Waals surface area contributed by atoms with Crippen LogP contribution >= 0.6 is 0 Å². The third kappa shape index (κ3) is 4.02. The van der Waals surface area contributed by atoms with Crippen LogP contribution in [0.5, 0.6) is 0 Å². The zero-order valence-corrected chi connectivity index (χ0v) is 13.8. The fourth-order valence-corrected chi connectivity index (χ4v) is 3.64. The SMILES string of the molecule is Cn1ccc(C(=O)N[C@H]2CCCC[C@@H]2OC2CCCC2)cc1=O. The summed E-state index contributed by atoms with van der Waals surface area (Å²) in [6, 6.07) is 3.14. The van der Waals surface area contributed by atoms with Gasteiger partial charge in [0.2, 0.25) is 0 Å². The molecule has 2 fully saturated rings. The minimum Gasteiger partial charge on any atom is -0.373 e. The molecular weight excluding hydrogens is 292 g/mol. The summed E-state index contributed by atoms with van der Waals surface area (Å²) in [4.78, 5) is 24.1. The molecule has 0 saturated heterocycles. The van der Waals surface area contributed by atoms with Crippen molar-refractivity contribution in [2.75, 3.05) is 0 Å². The highest BCUT2D eigenvalue weighted by Crippen LogP contribution is 2.28. The van der Waals surface area contributed by atoms with E-state index < -0.39 is 0 Å². The number of hydrogen-bond acceptors (Lipinski definition) is 3. The molecule has 5 heteroatoms. The summed E-state index contributed by atoms with van der Waals surface area (Å²) >= 11 is 0. The second-order valence-corrected chi connectivity index (χ2v) is 6.81. The minimum absolute atomic E-state index is 0.0564. The van der Waals surface area contributed by atoms with Gasteiger partial charge in [-0.1, -0.05) is 25.7 Å². The molecule has 2 atom stereocenters. The maximum atomic E-state index is 12.4.